The molecule has 9 aromatic rings. The minimum absolute atomic E-state index is 0.826. The van der Waals surface area contributed by atoms with Crippen LogP contribution in [0, 0.1) is 13.8 Å². The Hall–Kier alpha value is -4.04. The topological polar surface area (TPSA) is 0 Å². The number of rotatable bonds is 3. The number of benzene rings is 7. The predicted molar refractivity (Wildman–Crippen MR) is 229 cm³/mol. The molecule has 0 aliphatic heterocycles. The summed E-state index contributed by atoms with van der Waals surface area (Å²) in [4.78, 5) is 0. The Bertz CT molecular complexity index is 2530. The summed E-state index contributed by atoms with van der Waals surface area (Å²) < 4.78 is 0. The zero-order valence-corrected chi connectivity index (χ0v) is 34.9. The van der Waals surface area contributed by atoms with E-state index in [1.54, 1.807) is 0 Å². The molecule has 0 amide bonds. The Morgan fingerprint density at radius 2 is 0.962 bits per heavy atom. The van der Waals surface area contributed by atoms with Gasteiger partial charge in [-0.3, -0.25) is 0 Å². The zero-order valence-electron chi connectivity index (χ0n) is 29.9. The van der Waals surface area contributed by atoms with Crippen molar-refractivity contribution in [2.75, 3.05) is 0 Å². The molecule has 0 spiro atoms. The maximum atomic E-state index is 4.93. The standard InChI is InChI=1S/C25H17.C21H17.C2H6Si.2ClH.Zr/c1-2-8-18(9-3-1)21-16-20-12-7-15-24(25(20)17-21)23-14-6-11-19-10-4-5-13-22(19)23;1-14-12-20-15(2)10-11-19(21(20)13-14)18-9-5-7-16-6-3-4-8-17(16)18;1-3-2;;;/h1-17H;3-13H,1-2H3;1-2H3;2*1H;/q2*-1;;;;+4/p-2. The molecule has 9 rings (SSSR count). The second kappa shape index (κ2) is 18.1. The normalized spacial score (nSPS) is 10.5. The predicted octanol–water partition coefficient (Wildman–Crippen LogP) is 15.2. The van der Waals surface area contributed by atoms with E-state index in [4.69, 9.17) is 17.0 Å². The average Bonchev–Trinajstić information content (AvgIpc) is 3.80. The third-order valence-electron chi connectivity index (χ3n) is 9.27. The number of hydrogen-bond acceptors (Lipinski definition) is 0. The van der Waals surface area contributed by atoms with Crippen LogP contribution in [0.5, 0.6) is 0 Å². The van der Waals surface area contributed by atoms with E-state index in [-0.39, 0.29) is 0 Å². The third kappa shape index (κ3) is 8.43. The van der Waals surface area contributed by atoms with Gasteiger partial charge in [0.15, 0.2) is 0 Å². The molecule has 0 N–H and O–H groups in total. The summed E-state index contributed by atoms with van der Waals surface area (Å²) in [5.41, 5.74) is 10.5. The van der Waals surface area contributed by atoms with Crippen molar-refractivity contribution in [3.8, 4) is 33.4 Å². The van der Waals surface area contributed by atoms with Gasteiger partial charge < -0.3 is 0 Å². The molecule has 0 aliphatic carbocycles. The molecule has 254 valence electrons. The number of aryl methyl sites for hydroxylation is 2. The van der Waals surface area contributed by atoms with Crippen molar-refractivity contribution in [3.05, 3.63) is 181 Å². The van der Waals surface area contributed by atoms with Gasteiger partial charge in [-0.1, -0.05) is 177 Å². The first-order chi connectivity index (χ1) is 25.5. The molecule has 0 fully saturated rings. The summed E-state index contributed by atoms with van der Waals surface area (Å²) in [6, 6.07) is 61.3. The van der Waals surface area contributed by atoms with Crippen LogP contribution in [0.2, 0.25) is 13.1 Å². The molecule has 0 unspecified atom stereocenters. The Kier molecular flexibility index (Phi) is 13.2. The van der Waals surface area contributed by atoms with E-state index >= 15 is 0 Å². The van der Waals surface area contributed by atoms with Crippen molar-refractivity contribution >= 4 is 69.6 Å². The summed E-state index contributed by atoms with van der Waals surface area (Å²) in [6.45, 7) is 8.67. The molecule has 0 aromatic heterocycles. The van der Waals surface area contributed by atoms with E-state index in [1.807, 2.05) is 0 Å². The first-order valence-electron chi connectivity index (χ1n) is 17.4. The van der Waals surface area contributed by atoms with Crippen molar-refractivity contribution in [1.29, 1.82) is 0 Å². The molecule has 0 nitrogen and oxygen atoms in total. The molecular weight excluding hydrogens is 767 g/mol. The Morgan fingerprint density at radius 3 is 1.56 bits per heavy atom. The van der Waals surface area contributed by atoms with Crippen molar-refractivity contribution in [2.24, 2.45) is 0 Å². The van der Waals surface area contributed by atoms with E-state index in [9.17, 15) is 0 Å². The van der Waals surface area contributed by atoms with Crippen LogP contribution < -0.4 is 0 Å². The Morgan fingerprint density at radius 1 is 0.481 bits per heavy atom. The SMILES string of the molecule is C[Si]C.Cc1cc2c(-c3cccc4ccccc34)ccc(C)c2[cH-]1.[Cl][Zr+2][Cl].c1ccc(-c2cc3c(-c4cccc5ccccc45)cccc3[cH-]2)cc1. The second-order valence-corrected chi connectivity index (χ2v) is 17.6. The molecule has 0 saturated carbocycles. The van der Waals surface area contributed by atoms with Crippen molar-refractivity contribution < 1.29 is 20.8 Å². The summed E-state index contributed by atoms with van der Waals surface area (Å²) in [6.07, 6.45) is 0. The van der Waals surface area contributed by atoms with E-state index in [1.165, 1.54) is 87.6 Å². The Labute approximate surface area is 329 Å². The summed E-state index contributed by atoms with van der Waals surface area (Å²) in [5.74, 6) is 0. The zero-order chi connectivity index (χ0) is 36.5. The van der Waals surface area contributed by atoms with Crippen LogP contribution in [0.1, 0.15) is 11.1 Å². The second-order valence-electron chi connectivity index (χ2n) is 12.8. The van der Waals surface area contributed by atoms with Gasteiger partial charge in [-0.25, -0.2) is 0 Å². The Balaban J connectivity index is 0.000000157. The van der Waals surface area contributed by atoms with Crippen molar-refractivity contribution in [1.82, 2.24) is 0 Å². The maximum Gasteiger partial charge on any atom is -0.0112 e. The van der Waals surface area contributed by atoms with E-state index in [0.29, 0.717) is 0 Å². The van der Waals surface area contributed by atoms with Gasteiger partial charge in [-0.05, 0) is 32.7 Å². The van der Waals surface area contributed by atoms with E-state index in [0.717, 1.165) is 9.52 Å². The summed E-state index contributed by atoms with van der Waals surface area (Å²) in [7, 11) is 11.0. The largest absolute Gasteiger partial charge is 0.144 e. The van der Waals surface area contributed by atoms with Gasteiger partial charge in [-0.15, -0.1) is 68.6 Å². The maximum absolute atomic E-state index is 4.93. The molecule has 0 saturated heterocycles. The number of halogens is 2. The first kappa shape index (κ1) is 37.7. The average molecular weight is 807 g/mol. The molecule has 2 radical (unpaired) electrons. The van der Waals surface area contributed by atoms with Crippen LogP contribution in [0.15, 0.2) is 170 Å². The molecule has 0 aliphatic rings. The molecule has 52 heavy (non-hydrogen) atoms. The minimum Gasteiger partial charge on any atom is -0.144 e. The van der Waals surface area contributed by atoms with Crippen LogP contribution >= 0.6 is 17.0 Å². The summed E-state index contributed by atoms with van der Waals surface area (Å²) in [5, 5.41) is 10.6. The van der Waals surface area contributed by atoms with E-state index in [2.05, 4.69) is 197 Å². The van der Waals surface area contributed by atoms with Gasteiger partial charge in [0.1, 0.15) is 0 Å². The molecule has 0 heterocycles. The van der Waals surface area contributed by atoms with Crippen LogP contribution in [0.25, 0.3) is 76.5 Å². The molecular formula is C48H40Cl2SiZr. The smallest absolute Gasteiger partial charge is 0.0112 e. The number of fused-ring (bicyclic) bond motifs is 4. The van der Waals surface area contributed by atoms with Gasteiger partial charge in [0.05, 0.1) is 0 Å². The molecule has 9 aromatic carbocycles. The first-order valence-corrected chi connectivity index (χ1v) is 25.7. The monoisotopic (exact) mass is 804 g/mol. The van der Waals surface area contributed by atoms with Crippen LogP contribution in [-0.4, -0.2) is 9.52 Å². The molecule has 0 atom stereocenters. The van der Waals surface area contributed by atoms with E-state index < -0.39 is 20.8 Å². The van der Waals surface area contributed by atoms with Crippen LogP contribution in [0.4, 0.5) is 0 Å². The van der Waals surface area contributed by atoms with Gasteiger partial charge in [0.2, 0.25) is 0 Å². The quantitative estimate of drug-likeness (QED) is 0.123. The fourth-order valence-electron chi connectivity index (χ4n) is 7.01. The van der Waals surface area contributed by atoms with Crippen molar-refractivity contribution in [3.63, 3.8) is 0 Å². The number of hydrogen-bond donors (Lipinski definition) is 0. The van der Waals surface area contributed by atoms with Crippen LogP contribution in [-0.2, 0) is 20.8 Å². The minimum atomic E-state index is -0.826. The molecule has 0 bridgehead atoms. The van der Waals surface area contributed by atoms with Gasteiger partial charge in [0, 0.05) is 9.52 Å². The van der Waals surface area contributed by atoms with Gasteiger partial charge in [-0.2, -0.15) is 6.07 Å². The fourth-order valence-corrected chi connectivity index (χ4v) is 7.01. The third-order valence-corrected chi connectivity index (χ3v) is 9.27. The van der Waals surface area contributed by atoms with Gasteiger partial charge >= 0.3 is 37.9 Å². The van der Waals surface area contributed by atoms with Crippen LogP contribution in [0.3, 0.4) is 0 Å². The van der Waals surface area contributed by atoms with Crippen molar-refractivity contribution in [2.45, 2.75) is 26.9 Å². The summed E-state index contributed by atoms with van der Waals surface area (Å²) >= 11 is -0.826. The fraction of sp³-hybridized carbons (Fsp3) is 0.0833. The van der Waals surface area contributed by atoms with Gasteiger partial charge in [0.25, 0.3) is 0 Å². The molecule has 4 heteroatoms.